The molecule has 2 heterocycles. The second-order valence-electron chi connectivity index (χ2n) is 6.32. The number of halogens is 1. The van der Waals surface area contributed by atoms with E-state index in [2.05, 4.69) is 10.4 Å². The molecule has 0 unspecified atom stereocenters. The maximum atomic E-state index is 14.3. The fourth-order valence-electron chi connectivity index (χ4n) is 3.05. The lowest BCUT2D eigenvalue weighted by atomic mass is 10.2. The summed E-state index contributed by atoms with van der Waals surface area (Å²) in [7, 11) is 0. The highest BCUT2D eigenvalue weighted by Crippen LogP contribution is 2.33. The number of carbonyl (C=O) groups is 2. The summed E-state index contributed by atoms with van der Waals surface area (Å²) in [5.41, 5.74) is 1.09. The number of para-hydroxylation sites is 2. The maximum absolute atomic E-state index is 14.3. The molecule has 2 amide bonds. The number of benzene rings is 2. The Morgan fingerprint density at radius 1 is 1.21 bits per heavy atom. The molecule has 0 spiro atoms. The van der Waals surface area contributed by atoms with Gasteiger partial charge >= 0.3 is 0 Å². The molecule has 28 heavy (non-hydrogen) atoms. The van der Waals surface area contributed by atoms with Crippen LogP contribution in [0.1, 0.15) is 6.92 Å². The van der Waals surface area contributed by atoms with Gasteiger partial charge < -0.3 is 10.1 Å². The SMILES string of the molecule is C[C@H]1Oc2ccccc2N(CC(=O)Nc2ccc(-n3cccn3)c(F)c2)C1=O. The minimum absolute atomic E-state index is 0.202. The van der Waals surface area contributed by atoms with E-state index in [0.717, 1.165) is 0 Å². The van der Waals surface area contributed by atoms with Crippen molar-refractivity contribution in [2.24, 2.45) is 0 Å². The van der Waals surface area contributed by atoms with Crippen molar-refractivity contribution in [2.45, 2.75) is 13.0 Å². The molecule has 0 saturated heterocycles. The Hall–Kier alpha value is -3.68. The second kappa shape index (κ2) is 7.15. The maximum Gasteiger partial charge on any atom is 0.268 e. The number of aromatic nitrogens is 2. The molecule has 0 fully saturated rings. The molecule has 1 atom stereocenters. The molecule has 1 aliphatic heterocycles. The zero-order chi connectivity index (χ0) is 19.7. The minimum Gasteiger partial charge on any atom is -0.479 e. The quantitative estimate of drug-likeness (QED) is 0.755. The Labute approximate surface area is 160 Å². The number of rotatable bonds is 4. The number of carbonyl (C=O) groups excluding carboxylic acids is 2. The molecule has 142 valence electrons. The van der Waals surface area contributed by atoms with Crippen molar-refractivity contribution in [2.75, 3.05) is 16.8 Å². The van der Waals surface area contributed by atoms with Gasteiger partial charge in [-0.05, 0) is 43.3 Å². The number of nitrogens with zero attached hydrogens (tertiary/aromatic N) is 3. The van der Waals surface area contributed by atoms with Crippen LogP contribution in [0.15, 0.2) is 60.9 Å². The third kappa shape index (κ3) is 3.32. The van der Waals surface area contributed by atoms with Crippen LogP contribution >= 0.6 is 0 Å². The molecule has 1 aliphatic rings. The Morgan fingerprint density at radius 3 is 2.79 bits per heavy atom. The summed E-state index contributed by atoms with van der Waals surface area (Å²) in [6.45, 7) is 1.43. The van der Waals surface area contributed by atoms with Crippen LogP contribution < -0.4 is 15.0 Å². The molecule has 7 nitrogen and oxygen atoms in total. The average Bonchev–Trinajstić information content (AvgIpc) is 3.20. The smallest absolute Gasteiger partial charge is 0.268 e. The van der Waals surface area contributed by atoms with Crippen LogP contribution in [-0.4, -0.2) is 34.2 Å². The van der Waals surface area contributed by atoms with Gasteiger partial charge in [0.05, 0.1) is 5.69 Å². The van der Waals surface area contributed by atoms with Gasteiger partial charge in [-0.3, -0.25) is 14.5 Å². The predicted octanol–water partition coefficient (Wildman–Crippen LogP) is 2.76. The van der Waals surface area contributed by atoms with Gasteiger partial charge in [0.1, 0.15) is 18.0 Å². The summed E-state index contributed by atoms with van der Waals surface area (Å²) in [5, 5.41) is 6.61. The van der Waals surface area contributed by atoms with Crippen LogP contribution in [-0.2, 0) is 9.59 Å². The molecule has 1 aromatic heterocycles. The van der Waals surface area contributed by atoms with Gasteiger partial charge in [0, 0.05) is 18.1 Å². The highest BCUT2D eigenvalue weighted by Gasteiger charge is 2.32. The first kappa shape index (κ1) is 17.7. The van der Waals surface area contributed by atoms with E-state index in [4.69, 9.17) is 4.74 Å². The zero-order valence-corrected chi connectivity index (χ0v) is 15.0. The van der Waals surface area contributed by atoms with Crippen molar-refractivity contribution in [3.8, 4) is 11.4 Å². The van der Waals surface area contributed by atoms with Crippen LogP contribution in [0.3, 0.4) is 0 Å². The van der Waals surface area contributed by atoms with Gasteiger partial charge in [0.25, 0.3) is 5.91 Å². The molecule has 0 aliphatic carbocycles. The first-order valence-electron chi connectivity index (χ1n) is 8.69. The topological polar surface area (TPSA) is 76.5 Å². The number of amides is 2. The van der Waals surface area contributed by atoms with Gasteiger partial charge in [-0.25, -0.2) is 9.07 Å². The molecule has 2 aromatic carbocycles. The first-order valence-corrected chi connectivity index (χ1v) is 8.69. The summed E-state index contributed by atoms with van der Waals surface area (Å²) in [5.74, 6) is -0.738. The van der Waals surface area contributed by atoms with Crippen molar-refractivity contribution in [1.29, 1.82) is 0 Å². The van der Waals surface area contributed by atoms with E-state index < -0.39 is 17.8 Å². The van der Waals surface area contributed by atoms with E-state index in [-0.39, 0.29) is 18.1 Å². The minimum atomic E-state index is -0.687. The summed E-state index contributed by atoms with van der Waals surface area (Å²) in [4.78, 5) is 26.3. The van der Waals surface area contributed by atoms with E-state index in [1.807, 2.05) is 0 Å². The van der Waals surface area contributed by atoms with E-state index in [0.29, 0.717) is 17.1 Å². The number of hydrogen-bond acceptors (Lipinski definition) is 4. The molecular weight excluding hydrogens is 363 g/mol. The fourth-order valence-corrected chi connectivity index (χ4v) is 3.05. The Kier molecular flexibility index (Phi) is 4.52. The fraction of sp³-hybridized carbons (Fsp3) is 0.150. The standard InChI is InChI=1S/C20H17FN4O3/c1-13-20(27)24(17-5-2-3-6-18(17)28-13)12-19(26)23-14-7-8-16(15(21)11-14)25-10-4-9-22-25/h2-11,13H,12H2,1H3,(H,23,26)/t13-/m1/s1. The van der Waals surface area contributed by atoms with Crippen molar-refractivity contribution in [3.63, 3.8) is 0 Å². The number of anilines is 2. The Morgan fingerprint density at radius 2 is 2.04 bits per heavy atom. The molecule has 0 radical (unpaired) electrons. The lowest BCUT2D eigenvalue weighted by Gasteiger charge is -2.32. The highest BCUT2D eigenvalue weighted by atomic mass is 19.1. The van der Waals surface area contributed by atoms with Crippen molar-refractivity contribution in [1.82, 2.24) is 9.78 Å². The molecule has 0 bridgehead atoms. The lowest BCUT2D eigenvalue weighted by Crippen LogP contribution is -2.47. The average molecular weight is 380 g/mol. The first-order chi connectivity index (χ1) is 13.5. The second-order valence-corrected chi connectivity index (χ2v) is 6.32. The van der Waals surface area contributed by atoms with Gasteiger partial charge in [0.2, 0.25) is 5.91 Å². The van der Waals surface area contributed by atoms with E-state index in [1.165, 1.54) is 21.7 Å². The van der Waals surface area contributed by atoms with Gasteiger partial charge in [-0.15, -0.1) is 0 Å². The van der Waals surface area contributed by atoms with Crippen molar-refractivity contribution in [3.05, 3.63) is 66.7 Å². The summed E-state index contributed by atoms with van der Waals surface area (Å²) in [6.07, 6.45) is 2.49. The Bertz CT molecular complexity index is 1040. The predicted molar refractivity (Wildman–Crippen MR) is 101 cm³/mol. The number of nitrogens with one attached hydrogen (secondary N) is 1. The largest absolute Gasteiger partial charge is 0.479 e. The number of ether oxygens (including phenoxy) is 1. The van der Waals surface area contributed by atoms with Crippen LogP contribution in [0.2, 0.25) is 0 Å². The highest BCUT2D eigenvalue weighted by molar-refractivity contribution is 6.06. The lowest BCUT2D eigenvalue weighted by molar-refractivity contribution is -0.127. The summed E-state index contributed by atoms with van der Waals surface area (Å²) >= 11 is 0. The molecule has 4 rings (SSSR count). The van der Waals surface area contributed by atoms with Crippen molar-refractivity contribution < 1.29 is 18.7 Å². The third-order valence-electron chi connectivity index (χ3n) is 4.36. The zero-order valence-electron chi connectivity index (χ0n) is 15.0. The van der Waals surface area contributed by atoms with Gasteiger partial charge in [-0.1, -0.05) is 12.1 Å². The van der Waals surface area contributed by atoms with E-state index >= 15 is 0 Å². The molecule has 8 heteroatoms. The summed E-state index contributed by atoms with van der Waals surface area (Å²) < 4.78 is 21.3. The van der Waals surface area contributed by atoms with Crippen LogP contribution in [0.25, 0.3) is 5.69 Å². The number of fused-ring (bicyclic) bond motifs is 1. The van der Waals surface area contributed by atoms with Crippen LogP contribution in [0, 0.1) is 5.82 Å². The molecular formula is C20H17FN4O3. The van der Waals surface area contributed by atoms with Crippen molar-refractivity contribution >= 4 is 23.2 Å². The van der Waals surface area contributed by atoms with Gasteiger partial charge in [-0.2, -0.15) is 5.10 Å². The molecule has 3 aromatic rings. The normalized spacial score (nSPS) is 15.7. The Balaban J connectivity index is 1.50. The number of hydrogen-bond donors (Lipinski definition) is 1. The van der Waals surface area contributed by atoms with Crippen LogP contribution in [0.4, 0.5) is 15.8 Å². The molecule has 1 N–H and O–H groups in total. The summed E-state index contributed by atoms with van der Waals surface area (Å²) in [6, 6.07) is 13.0. The molecule has 0 saturated carbocycles. The van der Waals surface area contributed by atoms with E-state index in [1.54, 1.807) is 55.7 Å². The van der Waals surface area contributed by atoms with Gasteiger partial charge in [0.15, 0.2) is 11.9 Å². The van der Waals surface area contributed by atoms with E-state index in [9.17, 15) is 14.0 Å². The third-order valence-corrected chi connectivity index (χ3v) is 4.36. The monoisotopic (exact) mass is 380 g/mol. The van der Waals surface area contributed by atoms with Crippen LogP contribution in [0.5, 0.6) is 5.75 Å².